The summed E-state index contributed by atoms with van der Waals surface area (Å²) in [5.41, 5.74) is 0. The smallest absolute Gasteiger partial charge is 0.234 e. The van der Waals surface area contributed by atoms with E-state index in [1.807, 2.05) is 0 Å². The van der Waals surface area contributed by atoms with Gasteiger partial charge in [-0.05, 0) is 50.0 Å². The topological polar surface area (TPSA) is 41.6 Å². The fourth-order valence-electron chi connectivity index (χ4n) is 3.10. The molecule has 1 saturated carbocycles. The molecule has 2 heterocycles. The molecule has 2 aliphatic rings. The van der Waals surface area contributed by atoms with Crippen molar-refractivity contribution in [1.82, 2.24) is 10.2 Å². The summed E-state index contributed by atoms with van der Waals surface area (Å²) in [6.07, 6.45) is 5.06. The first-order chi connectivity index (χ1) is 10.7. The third-order valence-corrected chi connectivity index (χ3v) is 5.39. The number of carbonyl (C=O) groups is 1. The quantitative estimate of drug-likeness (QED) is 0.800. The maximum absolute atomic E-state index is 12.3. The van der Waals surface area contributed by atoms with Crippen molar-refractivity contribution < 1.29 is 9.53 Å². The number of hydrogen-bond acceptors (Lipinski definition) is 4. The van der Waals surface area contributed by atoms with Gasteiger partial charge in [0, 0.05) is 30.6 Å². The first-order valence-electron chi connectivity index (χ1n) is 8.36. The second-order valence-electron chi connectivity index (χ2n) is 6.58. The molecule has 1 aliphatic heterocycles. The highest BCUT2D eigenvalue weighted by Crippen LogP contribution is 2.32. The SMILES string of the molecule is CC(NC(=O)CN(Cc1cccs1)CC1CCCO1)C1CC1. The number of carbonyl (C=O) groups excluding carboxylic acids is 1. The van der Waals surface area contributed by atoms with Crippen molar-refractivity contribution in [2.75, 3.05) is 19.7 Å². The fourth-order valence-corrected chi connectivity index (χ4v) is 3.85. The van der Waals surface area contributed by atoms with Crippen LogP contribution in [0, 0.1) is 5.92 Å². The van der Waals surface area contributed by atoms with E-state index >= 15 is 0 Å². The molecule has 5 heteroatoms. The van der Waals surface area contributed by atoms with Crippen LogP contribution < -0.4 is 5.32 Å². The highest BCUT2D eigenvalue weighted by molar-refractivity contribution is 7.09. The van der Waals surface area contributed by atoms with E-state index < -0.39 is 0 Å². The van der Waals surface area contributed by atoms with Gasteiger partial charge in [0.15, 0.2) is 0 Å². The Labute approximate surface area is 136 Å². The molecule has 0 radical (unpaired) electrons. The average molecular weight is 322 g/mol. The van der Waals surface area contributed by atoms with Crippen LogP contribution in [-0.2, 0) is 16.1 Å². The molecule has 0 aromatic carbocycles. The zero-order chi connectivity index (χ0) is 15.4. The molecule has 0 bridgehead atoms. The summed E-state index contributed by atoms with van der Waals surface area (Å²) in [4.78, 5) is 15.8. The number of nitrogens with zero attached hydrogens (tertiary/aromatic N) is 1. The van der Waals surface area contributed by atoms with Gasteiger partial charge in [-0.25, -0.2) is 0 Å². The van der Waals surface area contributed by atoms with Crippen LogP contribution in [0.1, 0.15) is 37.5 Å². The monoisotopic (exact) mass is 322 g/mol. The molecule has 1 aliphatic carbocycles. The maximum atomic E-state index is 12.3. The van der Waals surface area contributed by atoms with E-state index in [1.54, 1.807) is 11.3 Å². The lowest BCUT2D eigenvalue weighted by Gasteiger charge is -2.25. The van der Waals surface area contributed by atoms with Gasteiger partial charge < -0.3 is 10.1 Å². The molecule has 4 nitrogen and oxygen atoms in total. The Kier molecular flexibility index (Phi) is 5.50. The zero-order valence-electron chi connectivity index (χ0n) is 13.3. The summed E-state index contributed by atoms with van der Waals surface area (Å²) < 4.78 is 5.74. The minimum Gasteiger partial charge on any atom is -0.377 e. The van der Waals surface area contributed by atoms with Crippen LogP contribution in [0.15, 0.2) is 17.5 Å². The normalized spacial score (nSPS) is 22.9. The molecule has 22 heavy (non-hydrogen) atoms. The molecule has 3 rings (SSSR count). The number of amides is 1. The van der Waals surface area contributed by atoms with Crippen LogP contribution in [0.4, 0.5) is 0 Å². The lowest BCUT2D eigenvalue weighted by atomic mass is 10.2. The molecule has 1 saturated heterocycles. The second kappa shape index (κ2) is 7.57. The van der Waals surface area contributed by atoms with Crippen molar-refractivity contribution in [3.63, 3.8) is 0 Å². The van der Waals surface area contributed by atoms with Gasteiger partial charge in [0.25, 0.3) is 0 Å². The Morgan fingerprint density at radius 2 is 2.36 bits per heavy atom. The van der Waals surface area contributed by atoms with E-state index in [2.05, 4.69) is 34.7 Å². The first kappa shape index (κ1) is 16.0. The molecule has 0 spiro atoms. The molecule has 1 aromatic rings. The molecule has 1 amide bonds. The highest BCUT2D eigenvalue weighted by Gasteiger charge is 2.29. The van der Waals surface area contributed by atoms with Gasteiger partial charge >= 0.3 is 0 Å². The minimum absolute atomic E-state index is 0.147. The maximum Gasteiger partial charge on any atom is 0.234 e. The lowest BCUT2D eigenvalue weighted by molar-refractivity contribution is -0.123. The number of rotatable bonds is 8. The van der Waals surface area contributed by atoms with Gasteiger partial charge in [-0.2, -0.15) is 0 Å². The van der Waals surface area contributed by atoms with Crippen LogP contribution in [0.2, 0.25) is 0 Å². The molecule has 122 valence electrons. The Hall–Kier alpha value is -0.910. The summed E-state index contributed by atoms with van der Waals surface area (Å²) in [7, 11) is 0. The summed E-state index contributed by atoms with van der Waals surface area (Å²) in [5.74, 6) is 0.849. The van der Waals surface area contributed by atoms with E-state index in [9.17, 15) is 4.79 Å². The number of hydrogen-bond donors (Lipinski definition) is 1. The summed E-state index contributed by atoms with van der Waals surface area (Å²) in [6.45, 7) is 5.14. The van der Waals surface area contributed by atoms with Crippen molar-refractivity contribution in [1.29, 1.82) is 0 Å². The van der Waals surface area contributed by atoms with E-state index in [0.29, 0.717) is 18.5 Å². The van der Waals surface area contributed by atoms with E-state index in [-0.39, 0.29) is 12.0 Å². The predicted molar refractivity (Wildman–Crippen MR) is 88.9 cm³/mol. The van der Waals surface area contributed by atoms with Crippen LogP contribution in [0.3, 0.4) is 0 Å². The Balaban J connectivity index is 1.52. The van der Waals surface area contributed by atoms with Gasteiger partial charge in [-0.1, -0.05) is 6.07 Å². The molecular weight excluding hydrogens is 296 g/mol. The van der Waals surface area contributed by atoms with Gasteiger partial charge in [0.1, 0.15) is 0 Å². The molecule has 2 atom stereocenters. The molecular formula is C17H26N2O2S. The van der Waals surface area contributed by atoms with Gasteiger partial charge in [0.2, 0.25) is 5.91 Å². The first-order valence-corrected chi connectivity index (χ1v) is 9.24. The van der Waals surface area contributed by atoms with Crippen LogP contribution in [0.25, 0.3) is 0 Å². The Bertz CT molecular complexity index is 467. The standard InChI is InChI=1S/C17H26N2O2S/c1-13(14-6-7-14)18-17(20)12-19(10-15-4-2-8-21-15)11-16-5-3-9-22-16/h3,5,9,13-15H,2,4,6-8,10-12H2,1H3,(H,18,20). The van der Waals surface area contributed by atoms with E-state index in [0.717, 1.165) is 32.5 Å². The van der Waals surface area contributed by atoms with E-state index in [4.69, 9.17) is 4.74 Å². The summed E-state index contributed by atoms with van der Waals surface area (Å²) in [6, 6.07) is 4.52. The fraction of sp³-hybridized carbons (Fsp3) is 0.706. The van der Waals surface area contributed by atoms with Crippen molar-refractivity contribution in [2.45, 2.75) is 51.3 Å². The molecule has 1 N–H and O–H groups in total. The van der Waals surface area contributed by atoms with Crippen molar-refractivity contribution in [3.8, 4) is 0 Å². The number of nitrogens with one attached hydrogen (secondary N) is 1. The van der Waals surface area contributed by atoms with Crippen LogP contribution >= 0.6 is 11.3 Å². The molecule has 2 fully saturated rings. The van der Waals surface area contributed by atoms with Crippen molar-refractivity contribution in [2.24, 2.45) is 5.92 Å². The highest BCUT2D eigenvalue weighted by atomic mass is 32.1. The predicted octanol–water partition coefficient (Wildman–Crippen LogP) is 2.64. The van der Waals surface area contributed by atoms with Gasteiger partial charge in [0.05, 0.1) is 12.6 Å². The summed E-state index contributed by atoms with van der Waals surface area (Å²) in [5, 5.41) is 5.25. The second-order valence-corrected chi connectivity index (χ2v) is 7.61. The average Bonchev–Trinajstić information content (AvgIpc) is 2.97. The van der Waals surface area contributed by atoms with E-state index in [1.165, 1.54) is 17.7 Å². The van der Waals surface area contributed by atoms with Crippen LogP contribution in [0.5, 0.6) is 0 Å². The molecule has 2 unspecified atom stereocenters. The minimum atomic E-state index is 0.147. The Morgan fingerprint density at radius 3 is 3.00 bits per heavy atom. The van der Waals surface area contributed by atoms with Gasteiger partial charge in [-0.15, -0.1) is 11.3 Å². The summed E-state index contributed by atoms with van der Waals surface area (Å²) >= 11 is 1.75. The zero-order valence-corrected chi connectivity index (χ0v) is 14.1. The number of ether oxygens (including phenoxy) is 1. The Morgan fingerprint density at radius 1 is 1.50 bits per heavy atom. The lowest BCUT2D eigenvalue weighted by Crippen LogP contribution is -2.43. The van der Waals surface area contributed by atoms with Crippen molar-refractivity contribution >= 4 is 17.2 Å². The number of thiophene rings is 1. The molecule has 1 aromatic heterocycles. The van der Waals surface area contributed by atoms with Crippen molar-refractivity contribution in [3.05, 3.63) is 22.4 Å². The van der Waals surface area contributed by atoms with Gasteiger partial charge in [-0.3, -0.25) is 9.69 Å². The largest absolute Gasteiger partial charge is 0.377 e. The third-order valence-electron chi connectivity index (χ3n) is 4.53. The van der Waals surface area contributed by atoms with Crippen LogP contribution in [-0.4, -0.2) is 42.6 Å². The third kappa shape index (κ3) is 4.80.